The second-order valence-electron chi connectivity index (χ2n) is 20.2. The van der Waals surface area contributed by atoms with E-state index in [1.807, 2.05) is 52.0 Å². The molecule has 0 radical (unpaired) electrons. The fourth-order valence-corrected chi connectivity index (χ4v) is 10.00. The van der Waals surface area contributed by atoms with Crippen LogP contribution in [-0.2, 0) is 29.7 Å². The van der Waals surface area contributed by atoms with Crippen molar-refractivity contribution in [3.8, 4) is 5.75 Å². The van der Waals surface area contributed by atoms with Crippen molar-refractivity contribution in [3.05, 3.63) is 53.1 Å². The van der Waals surface area contributed by atoms with Gasteiger partial charge in [0.2, 0.25) is 0 Å². The zero-order valence-electron chi connectivity index (χ0n) is 39.1. The maximum atomic E-state index is 14.7. The number of ketones is 1. The first-order valence-electron chi connectivity index (χ1n) is 20.6. The highest BCUT2D eigenvalue weighted by atomic mass is 28.4. The van der Waals surface area contributed by atoms with Gasteiger partial charge >= 0.3 is 0 Å². The number of benzene rings is 1. The Labute approximate surface area is 340 Å². The highest BCUT2D eigenvalue weighted by Gasteiger charge is 2.49. The van der Waals surface area contributed by atoms with Crippen molar-refractivity contribution in [3.63, 3.8) is 0 Å². The Morgan fingerprint density at radius 3 is 1.75 bits per heavy atom. The molecule has 0 spiro atoms. The Morgan fingerprint density at radius 2 is 1.29 bits per heavy atom. The topological polar surface area (TPSA) is 83.5 Å². The lowest BCUT2D eigenvalue weighted by Crippen LogP contribution is -2.54. The molecule has 9 heteroatoms. The summed E-state index contributed by atoms with van der Waals surface area (Å²) in [4.78, 5) is 14.7. The molecule has 0 saturated heterocycles. The third-order valence-electron chi connectivity index (χ3n) is 12.6. The van der Waals surface area contributed by atoms with Gasteiger partial charge in [0.15, 0.2) is 16.6 Å². The standard InChI is InChI=1S/C46H84O7Si2/c1-31(2)28-32(3)29-33(4)41(53-55(20,21)45(11,12)13)35(6)40(47)36(7)42(48)46(14,15)43(50-17)34(5)39(52-54(18,19)44(8,9)10)26-27-51-30-37-22-24-38(49-16)25-23-37/h22-25,28-29,32,34-36,39-41,43,47H,26-27,30H2,1-21H3/b33-29+/t32-,34-,35-,36+,39+,40+,41+,43+/m0/s1. The number of aliphatic hydroxyl groups is 1. The van der Waals surface area contributed by atoms with E-state index in [4.69, 9.17) is 23.1 Å². The van der Waals surface area contributed by atoms with Crippen molar-refractivity contribution in [2.24, 2.45) is 29.1 Å². The summed E-state index contributed by atoms with van der Waals surface area (Å²) < 4.78 is 32.0. The van der Waals surface area contributed by atoms with E-state index in [2.05, 4.69) is 115 Å². The van der Waals surface area contributed by atoms with E-state index in [1.165, 1.54) is 5.57 Å². The summed E-state index contributed by atoms with van der Waals surface area (Å²) in [7, 11) is -1.10. The van der Waals surface area contributed by atoms with Crippen molar-refractivity contribution in [1.82, 2.24) is 0 Å². The molecule has 0 aliphatic heterocycles. The van der Waals surface area contributed by atoms with Crippen molar-refractivity contribution in [2.75, 3.05) is 20.8 Å². The molecule has 0 aliphatic carbocycles. The molecule has 0 aromatic heterocycles. The van der Waals surface area contributed by atoms with Crippen LogP contribution in [0.3, 0.4) is 0 Å². The van der Waals surface area contributed by atoms with Gasteiger partial charge in [-0.1, -0.05) is 113 Å². The molecule has 1 aromatic rings. The minimum absolute atomic E-state index is 0.00333. The van der Waals surface area contributed by atoms with Crippen molar-refractivity contribution < 1.29 is 33.0 Å². The lowest BCUT2D eigenvalue weighted by Gasteiger charge is -2.46. The van der Waals surface area contributed by atoms with Gasteiger partial charge in [0.1, 0.15) is 11.5 Å². The molecule has 0 aliphatic rings. The minimum atomic E-state index is -2.24. The maximum absolute atomic E-state index is 14.7. The fourth-order valence-electron chi connectivity index (χ4n) is 7.17. The van der Waals surface area contributed by atoms with Crippen LogP contribution in [0.15, 0.2) is 47.6 Å². The normalized spacial score (nSPS) is 18.1. The first-order chi connectivity index (χ1) is 24.9. The van der Waals surface area contributed by atoms with E-state index in [0.29, 0.717) is 19.6 Å². The molecule has 1 aromatic carbocycles. The molecule has 0 bridgehead atoms. The van der Waals surface area contributed by atoms with Gasteiger partial charge in [-0.3, -0.25) is 4.79 Å². The van der Waals surface area contributed by atoms with Crippen LogP contribution in [0.5, 0.6) is 5.75 Å². The Kier molecular flexibility index (Phi) is 19.5. The lowest BCUT2D eigenvalue weighted by molar-refractivity contribution is -0.149. The Hall–Kier alpha value is -1.60. The largest absolute Gasteiger partial charge is 0.497 e. The van der Waals surface area contributed by atoms with E-state index in [-0.39, 0.29) is 45.8 Å². The maximum Gasteiger partial charge on any atom is 0.192 e. The van der Waals surface area contributed by atoms with Gasteiger partial charge in [-0.15, -0.1) is 0 Å². The SMILES string of the molecule is COc1ccc(COCC[C@@H](O[Si](C)(C)C(C)(C)C)[C@H](C)[C@@H](OC)C(C)(C)C(=O)[C@H](C)[C@H](O)[C@H](C)[C@H](O[Si](C)(C)C(C)(C)C)/C(C)=C/[C@@H](C)C=C(C)C)cc1. The summed E-state index contributed by atoms with van der Waals surface area (Å²) >= 11 is 0. The molecule has 0 heterocycles. The van der Waals surface area contributed by atoms with Crippen molar-refractivity contribution in [2.45, 2.75) is 178 Å². The zero-order valence-corrected chi connectivity index (χ0v) is 41.1. The van der Waals surface area contributed by atoms with E-state index in [9.17, 15) is 9.90 Å². The first-order valence-corrected chi connectivity index (χ1v) is 26.4. The number of Topliss-reactive ketones (excluding diaryl/α,β-unsaturated/α-hetero) is 1. The quantitative estimate of drug-likeness (QED) is 0.0710. The number of methoxy groups -OCH3 is 2. The monoisotopic (exact) mass is 805 g/mol. The summed E-state index contributed by atoms with van der Waals surface area (Å²) in [5.41, 5.74) is 2.49. The van der Waals surface area contributed by atoms with Gasteiger partial charge in [0, 0.05) is 31.5 Å². The Morgan fingerprint density at radius 1 is 0.782 bits per heavy atom. The summed E-state index contributed by atoms with van der Waals surface area (Å²) in [6.07, 6.45) is 3.21. The molecule has 7 nitrogen and oxygen atoms in total. The smallest absolute Gasteiger partial charge is 0.192 e. The van der Waals surface area contributed by atoms with E-state index in [0.717, 1.165) is 16.9 Å². The van der Waals surface area contributed by atoms with Gasteiger partial charge in [0.25, 0.3) is 0 Å². The molecule has 1 rings (SSSR count). The molecule has 8 atom stereocenters. The molecule has 0 saturated carbocycles. The summed E-state index contributed by atoms with van der Waals surface area (Å²) in [6, 6.07) is 7.91. The average molecular weight is 805 g/mol. The second kappa shape index (κ2) is 20.9. The Bertz CT molecular complexity index is 1380. The van der Waals surface area contributed by atoms with Crippen molar-refractivity contribution >= 4 is 22.4 Å². The van der Waals surface area contributed by atoms with E-state index < -0.39 is 40.2 Å². The van der Waals surface area contributed by atoms with Crippen LogP contribution in [0.1, 0.15) is 116 Å². The van der Waals surface area contributed by atoms with Gasteiger partial charge in [-0.2, -0.15) is 0 Å². The highest BCUT2D eigenvalue weighted by molar-refractivity contribution is 6.74. The van der Waals surface area contributed by atoms with Crippen LogP contribution >= 0.6 is 0 Å². The molecule has 55 heavy (non-hydrogen) atoms. The molecule has 1 N–H and O–H groups in total. The number of aliphatic hydroxyl groups excluding tert-OH is 1. The Balaban J connectivity index is 3.45. The van der Waals surface area contributed by atoms with Crippen LogP contribution in [0.25, 0.3) is 0 Å². The van der Waals surface area contributed by atoms with Gasteiger partial charge in [-0.05, 0) is 92.6 Å². The van der Waals surface area contributed by atoms with Crippen LogP contribution < -0.4 is 4.74 Å². The predicted molar refractivity (Wildman–Crippen MR) is 237 cm³/mol. The first kappa shape index (κ1) is 51.4. The van der Waals surface area contributed by atoms with Crippen LogP contribution in [-0.4, -0.2) is 72.8 Å². The predicted octanol–water partition coefficient (Wildman–Crippen LogP) is 11.8. The molecular formula is C46H84O7Si2. The van der Waals surface area contributed by atoms with Gasteiger partial charge < -0.3 is 28.2 Å². The fraction of sp³-hybridized carbons (Fsp3) is 0.761. The molecule has 0 fully saturated rings. The van der Waals surface area contributed by atoms with E-state index >= 15 is 0 Å². The minimum Gasteiger partial charge on any atom is -0.497 e. The third kappa shape index (κ3) is 14.6. The van der Waals surface area contributed by atoms with Gasteiger partial charge in [0.05, 0.1) is 43.5 Å². The number of allylic oxidation sites excluding steroid dienone is 3. The summed E-state index contributed by atoms with van der Waals surface area (Å²) in [6.45, 7) is 41.9. The van der Waals surface area contributed by atoms with Crippen molar-refractivity contribution in [1.29, 1.82) is 0 Å². The molecule has 0 unspecified atom stereocenters. The second-order valence-corrected chi connectivity index (χ2v) is 29.7. The number of ether oxygens (including phenoxy) is 3. The average Bonchev–Trinajstić information content (AvgIpc) is 3.05. The zero-order chi connectivity index (χ0) is 42.9. The number of hydrogen-bond donors (Lipinski definition) is 1. The van der Waals surface area contributed by atoms with Crippen LogP contribution in [0.2, 0.25) is 36.3 Å². The molecular weight excluding hydrogens is 721 g/mol. The molecule has 318 valence electrons. The van der Waals surface area contributed by atoms with Gasteiger partial charge in [-0.25, -0.2) is 0 Å². The lowest BCUT2D eigenvalue weighted by atomic mass is 9.69. The summed E-state index contributed by atoms with van der Waals surface area (Å²) in [5.74, 6) is -0.114. The highest BCUT2D eigenvalue weighted by Crippen LogP contribution is 2.43. The van der Waals surface area contributed by atoms with Crippen LogP contribution in [0, 0.1) is 29.1 Å². The van der Waals surface area contributed by atoms with Crippen LogP contribution in [0.4, 0.5) is 0 Å². The van der Waals surface area contributed by atoms with E-state index in [1.54, 1.807) is 14.2 Å². The number of carbonyl (C=O) groups is 1. The third-order valence-corrected chi connectivity index (χ3v) is 21.6. The number of carbonyl (C=O) groups excluding carboxylic acids is 1. The number of rotatable bonds is 22. The molecule has 0 amide bonds. The summed E-state index contributed by atoms with van der Waals surface area (Å²) in [5, 5.41) is 12.1. The number of hydrogen-bond acceptors (Lipinski definition) is 7.